The van der Waals surface area contributed by atoms with Crippen LogP contribution in [0.5, 0.6) is 5.75 Å². The lowest BCUT2D eigenvalue weighted by atomic mass is 9.86. The maximum atomic E-state index is 14.0. The summed E-state index contributed by atoms with van der Waals surface area (Å²) in [6.45, 7) is 0.694. The molecular weight excluding hydrogens is 311 g/mol. The molecule has 0 bridgehead atoms. The molecule has 0 aromatic heterocycles. The van der Waals surface area contributed by atoms with E-state index in [-0.39, 0.29) is 23.4 Å². The Balaban J connectivity index is 1.73. The second kappa shape index (κ2) is 6.76. The zero-order valence-corrected chi connectivity index (χ0v) is 13.5. The maximum absolute atomic E-state index is 14.0. The summed E-state index contributed by atoms with van der Waals surface area (Å²) in [4.78, 5) is 0. The molecule has 1 aromatic carbocycles. The Kier molecular flexibility index (Phi) is 4.97. The second-order valence-electron chi connectivity index (χ2n) is 5.74. The largest absolute Gasteiger partial charge is 0.487 e. The monoisotopic (exact) mass is 330 g/mol. The van der Waals surface area contributed by atoms with Crippen LogP contribution in [0.1, 0.15) is 31.2 Å². The average molecular weight is 331 g/mol. The molecule has 1 unspecified atom stereocenters. The van der Waals surface area contributed by atoms with Crippen molar-refractivity contribution >= 4 is 23.4 Å². The van der Waals surface area contributed by atoms with Gasteiger partial charge in [0.1, 0.15) is 6.10 Å². The number of benzene rings is 1. The van der Waals surface area contributed by atoms with Gasteiger partial charge in [0.15, 0.2) is 11.6 Å². The Morgan fingerprint density at radius 2 is 2.19 bits per heavy atom. The van der Waals surface area contributed by atoms with Gasteiger partial charge in [0.05, 0.1) is 18.1 Å². The van der Waals surface area contributed by atoms with Gasteiger partial charge in [-0.15, -0.1) is 11.6 Å². The van der Waals surface area contributed by atoms with Gasteiger partial charge in [-0.3, -0.25) is 0 Å². The highest BCUT2D eigenvalue weighted by Gasteiger charge is 2.39. The van der Waals surface area contributed by atoms with Gasteiger partial charge in [-0.05, 0) is 30.4 Å². The molecule has 21 heavy (non-hydrogen) atoms. The van der Waals surface area contributed by atoms with Crippen LogP contribution in [0.15, 0.2) is 18.2 Å². The van der Waals surface area contributed by atoms with Crippen molar-refractivity contribution in [2.75, 3.05) is 18.1 Å². The summed E-state index contributed by atoms with van der Waals surface area (Å²) in [6.07, 6.45) is 3.81. The predicted octanol–water partition coefficient (Wildman–Crippen LogP) is 4.39. The first-order chi connectivity index (χ1) is 10.2. The van der Waals surface area contributed by atoms with Gasteiger partial charge in [-0.2, -0.15) is 11.8 Å². The topological polar surface area (TPSA) is 18.5 Å². The molecule has 2 aliphatic rings. The first-order valence-electron chi connectivity index (χ1n) is 7.44. The van der Waals surface area contributed by atoms with Crippen molar-refractivity contribution in [3.63, 3.8) is 0 Å². The summed E-state index contributed by atoms with van der Waals surface area (Å²) in [5.74, 6) is 2.53. The third kappa shape index (κ3) is 3.49. The standard InChI is InChI=1S/C16H20ClFO2S/c17-11-12-2-1-3-14(18)15(12)20-13-4-7-19-16(10-13)5-8-21-9-6-16/h1-3,13H,4-11H2. The molecule has 0 radical (unpaired) electrons. The van der Waals surface area contributed by atoms with Crippen LogP contribution in [0.2, 0.25) is 0 Å². The molecule has 0 saturated carbocycles. The van der Waals surface area contributed by atoms with Gasteiger partial charge in [-0.25, -0.2) is 4.39 Å². The number of hydrogen-bond donors (Lipinski definition) is 0. The van der Waals surface area contributed by atoms with E-state index < -0.39 is 0 Å². The predicted molar refractivity (Wildman–Crippen MR) is 84.8 cm³/mol. The molecule has 2 saturated heterocycles. The summed E-state index contributed by atoms with van der Waals surface area (Å²) in [6, 6.07) is 4.92. The summed E-state index contributed by atoms with van der Waals surface area (Å²) in [5, 5.41) is 0. The number of alkyl halides is 1. The van der Waals surface area contributed by atoms with Gasteiger partial charge in [-0.1, -0.05) is 12.1 Å². The fourth-order valence-corrected chi connectivity index (χ4v) is 4.58. The third-order valence-corrected chi connectivity index (χ3v) is 5.60. The minimum Gasteiger partial charge on any atom is -0.487 e. The van der Waals surface area contributed by atoms with E-state index in [0.29, 0.717) is 12.4 Å². The molecule has 2 fully saturated rings. The Hall–Kier alpha value is -0.450. The summed E-state index contributed by atoms with van der Waals surface area (Å²) < 4.78 is 26.0. The van der Waals surface area contributed by atoms with Crippen LogP contribution in [0.3, 0.4) is 0 Å². The number of hydrogen-bond acceptors (Lipinski definition) is 3. The van der Waals surface area contributed by atoms with Gasteiger partial charge in [0.2, 0.25) is 0 Å². The zero-order chi connectivity index (χ0) is 14.7. The molecule has 116 valence electrons. The number of ether oxygens (including phenoxy) is 2. The van der Waals surface area contributed by atoms with E-state index in [1.54, 1.807) is 6.07 Å². The Morgan fingerprint density at radius 1 is 1.38 bits per heavy atom. The smallest absolute Gasteiger partial charge is 0.165 e. The second-order valence-corrected chi connectivity index (χ2v) is 7.23. The fraction of sp³-hybridized carbons (Fsp3) is 0.625. The van der Waals surface area contributed by atoms with Crippen LogP contribution >= 0.6 is 23.4 Å². The molecule has 1 atom stereocenters. The van der Waals surface area contributed by atoms with Crippen LogP contribution in [0, 0.1) is 5.82 Å². The van der Waals surface area contributed by atoms with E-state index in [0.717, 1.165) is 42.8 Å². The highest BCUT2D eigenvalue weighted by atomic mass is 35.5. The van der Waals surface area contributed by atoms with E-state index in [1.165, 1.54) is 6.07 Å². The molecule has 1 aromatic rings. The number of rotatable bonds is 3. The van der Waals surface area contributed by atoms with Crippen molar-refractivity contribution in [3.05, 3.63) is 29.6 Å². The van der Waals surface area contributed by atoms with Crippen LogP contribution in [0.25, 0.3) is 0 Å². The third-order valence-electron chi connectivity index (χ3n) is 4.33. The van der Waals surface area contributed by atoms with E-state index in [2.05, 4.69) is 0 Å². The lowest BCUT2D eigenvalue weighted by molar-refractivity contribution is -0.116. The summed E-state index contributed by atoms with van der Waals surface area (Å²) in [7, 11) is 0. The van der Waals surface area contributed by atoms with Crippen molar-refractivity contribution in [3.8, 4) is 5.75 Å². The molecule has 2 heterocycles. The van der Waals surface area contributed by atoms with Gasteiger partial charge in [0, 0.05) is 18.4 Å². The van der Waals surface area contributed by atoms with Gasteiger partial charge in [0.25, 0.3) is 0 Å². The van der Waals surface area contributed by atoms with Crippen molar-refractivity contribution in [1.82, 2.24) is 0 Å². The van der Waals surface area contributed by atoms with Gasteiger partial charge >= 0.3 is 0 Å². The summed E-state index contributed by atoms with van der Waals surface area (Å²) in [5.41, 5.74) is 0.664. The molecule has 2 nitrogen and oxygen atoms in total. The lowest BCUT2D eigenvalue weighted by Crippen LogP contribution is -2.46. The average Bonchev–Trinajstić information content (AvgIpc) is 2.50. The van der Waals surface area contributed by atoms with Crippen LogP contribution < -0.4 is 4.74 Å². The molecule has 1 spiro atoms. The summed E-state index contributed by atoms with van der Waals surface area (Å²) >= 11 is 7.87. The maximum Gasteiger partial charge on any atom is 0.165 e. The van der Waals surface area contributed by atoms with E-state index in [1.807, 2.05) is 17.8 Å². The van der Waals surface area contributed by atoms with Crippen LogP contribution in [-0.4, -0.2) is 29.8 Å². The Morgan fingerprint density at radius 3 is 2.95 bits per heavy atom. The molecule has 0 aliphatic carbocycles. The highest BCUT2D eigenvalue weighted by molar-refractivity contribution is 7.99. The van der Waals surface area contributed by atoms with Crippen molar-refractivity contribution in [2.24, 2.45) is 0 Å². The molecule has 2 aliphatic heterocycles. The first-order valence-corrected chi connectivity index (χ1v) is 9.13. The quantitative estimate of drug-likeness (QED) is 0.766. The molecular formula is C16H20ClFO2S. The first kappa shape index (κ1) is 15.4. The highest BCUT2D eigenvalue weighted by Crippen LogP contribution is 2.39. The number of thioether (sulfide) groups is 1. The lowest BCUT2D eigenvalue weighted by Gasteiger charge is -2.43. The zero-order valence-electron chi connectivity index (χ0n) is 11.9. The molecule has 3 rings (SSSR count). The molecule has 0 amide bonds. The normalized spacial score (nSPS) is 25.0. The van der Waals surface area contributed by atoms with Crippen molar-refractivity contribution in [2.45, 2.75) is 43.3 Å². The Labute approximate surface area is 134 Å². The fourth-order valence-electron chi connectivity index (χ4n) is 3.13. The van der Waals surface area contributed by atoms with E-state index >= 15 is 0 Å². The van der Waals surface area contributed by atoms with Crippen LogP contribution in [0.4, 0.5) is 4.39 Å². The molecule has 0 N–H and O–H groups in total. The van der Waals surface area contributed by atoms with Gasteiger partial charge < -0.3 is 9.47 Å². The van der Waals surface area contributed by atoms with E-state index in [9.17, 15) is 4.39 Å². The van der Waals surface area contributed by atoms with Crippen LogP contribution in [-0.2, 0) is 10.6 Å². The SMILES string of the molecule is Fc1cccc(CCl)c1OC1CCOC2(CCSCC2)C1. The molecule has 5 heteroatoms. The van der Waals surface area contributed by atoms with E-state index in [4.69, 9.17) is 21.1 Å². The van der Waals surface area contributed by atoms with Crippen molar-refractivity contribution in [1.29, 1.82) is 0 Å². The number of halogens is 2. The Bertz CT molecular complexity index is 486. The van der Waals surface area contributed by atoms with Crippen molar-refractivity contribution < 1.29 is 13.9 Å². The minimum atomic E-state index is -0.326. The minimum absolute atomic E-state index is 0.0146. The number of para-hydroxylation sites is 1.